The number of rotatable bonds is 4. The minimum atomic E-state index is -0.244. The topological polar surface area (TPSA) is 53.9 Å². The lowest BCUT2D eigenvalue weighted by molar-refractivity contribution is -0.431. The van der Waals surface area contributed by atoms with E-state index >= 15 is 0 Å². The first kappa shape index (κ1) is 11.7. The Bertz CT molecular complexity index is 309. The van der Waals surface area contributed by atoms with E-state index in [9.17, 15) is 4.79 Å². The summed E-state index contributed by atoms with van der Waals surface area (Å²) in [5.74, 6) is -0.244. The first-order valence-electron chi connectivity index (χ1n) is 5.14. The number of carbonyl (C=O) groups excluding carboxylic acids is 1. The van der Waals surface area contributed by atoms with Crippen molar-refractivity contribution in [1.82, 2.24) is 0 Å². The van der Waals surface area contributed by atoms with Crippen molar-refractivity contribution in [2.45, 2.75) is 32.4 Å². The van der Waals surface area contributed by atoms with Crippen LogP contribution in [0.4, 0.5) is 0 Å². The quantitative estimate of drug-likeness (QED) is 0.744. The fraction of sp³-hybridized carbons (Fsp3) is 0.417. The van der Waals surface area contributed by atoms with Crippen molar-refractivity contribution < 1.29 is 15.3 Å². The Kier molecular flexibility index (Phi) is 4.31. The van der Waals surface area contributed by atoms with Crippen LogP contribution in [0, 0.1) is 0 Å². The second kappa shape index (κ2) is 5.51. The third-order valence-corrected chi connectivity index (χ3v) is 2.23. The molecule has 0 fully saturated rings. The lowest BCUT2D eigenvalue weighted by Gasteiger charge is -2.18. The van der Waals surface area contributed by atoms with Gasteiger partial charge in [-0.1, -0.05) is 30.3 Å². The van der Waals surface area contributed by atoms with Crippen LogP contribution in [0.5, 0.6) is 0 Å². The van der Waals surface area contributed by atoms with Gasteiger partial charge in [0.15, 0.2) is 6.10 Å². The van der Waals surface area contributed by atoms with E-state index in [1.807, 2.05) is 37.3 Å². The van der Waals surface area contributed by atoms with Gasteiger partial charge in [-0.05, 0) is 12.5 Å². The largest absolute Gasteiger partial charge is 0.456 e. The van der Waals surface area contributed by atoms with Gasteiger partial charge in [0, 0.05) is 13.3 Å². The van der Waals surface area contributed by atoms with Crippen LogP contribution < -0.4 is 5.73 Å². The first-order valence-corrected chi connectivity index (χ1v) is 5.14. The van der Waals surface area contributed by atoms with Crippen molar-refractivity contribution in [2.75, 3.05) is 0 Å². The molecule has 1 aromatic carbocycles. The summed E-state index contributed by atoms with van der Waals surface area (Å²) in [5, 5.41) is 0. The minimum absolute atomic E-state index is 0.0918. The van der Waals surface area contributed by atoms with Crippen LogP contribution in [-0.4, -0.2) is 18.1 Å². The van der Waals surface area contributed by atoms with Crippen LogP contribution >= 0.6 is 0 Å². The molecule has 0 spiro atoms. The maximum absolute atomic E-state index is 10.9. The molecule has 1 rings (SSSR count). The Hall–Kier alpha value is -1.35. The SMILES string of the molecule is CC(=O)OC(Cc1ccccc1)C(C)[NH3+]. The van der Waals surface area contributed by atoms with E-state index in [-0.39, 0.29) is 18.1 Å². The summed E-state index contributed by atoms with van der Waals surface area (Å²) in [5.41, 5.74) is 5.08. The van der Waals surface area contributed by atoms with Gasteiger partial charge in [0.2, 0.25) is 0 Å². The summed E-state index contributed by atoms with van der Waals surface area (Å²) in [7, 11) is 0. The normalized spacial score (nSPS) is 14.3. The van der Waals surface area contributed by atoms with Crippen molar-refractivity contribution in [3.8, 4) is 0 Å². The third kappa shape index (κ3) is 4.13. The molecular formula is C12H18NO2+. The standard InChI is InChI=1S/C12H17NO2/c1-9(13)12(15-10(2)14)8-11-6-4-3-5-7-11/h3-7,9,12H,8,13H2,1-2H3/p+1. The zero-order chi connectivity index (χ0) is 11.3. The highest BCUT2D eigenvalue weighted by atomic mass is 16.5. The maximum atomic E-state index is 10.9. The van der Waals surface area contributed by atoms with E-state index in [1.165, 1.54) is 12.5 Å². The van der Waals surface area contributed by atoms with Gasteiger partial charge in [-0.2, -0.15) is 0 Å². The van der Waals surface area contributed by atoms with Crippen molar-refractivity contribution in [2.24, 2.45) is 0 Å². The Morgan fingerprint density at radius 1 is 1.40 bits per heavy atom. The van der Waals surface area contributed by atoms with Gasteiger partial charge < -0.3 is 10.5 Å². The molecule has 2 unspecified atom stereocenters. The van der Waals surface area contributed by atoms with Gasteiger partial charge in [-0.25, -0.2) is 0 Å². The number of hydrogen-bond acceptors (Lipinski definition) is 2. The molecular weight excluding hydrogens is 190 g/mol. The van der Waals surface area contributed by atoms with Gasteiger partial charge in [0.25, 0.3) is 0 Å². The molecule has 0 saturated carbocycles. The summed E-state index contributed by atoms with van der Waals surface area (Å²) in [6.07, 6.45) is 0.593. The van der Waals surface area contributed by atoms with Gasteiger partial charge in [0.1, 0.15) is 6.04 Å². The summed E-state index contributed by atoms with van der Waals surface area (Å²) in [6.45, 7) is 3.39. The third-order valence-electron chi connectivity index (χ3n) is 2.23. The molecule has 3 nitrogen and oxygen atoms in total. The molecule has 2 atom stereocenters. The number of quaternary nitrogens is 1. The highest BCUT2D eigenvalue weighted by Gasteiger charge is 2.19. The average molecular weight is 208 g/mol. The Labute approximate surface area is 90.2 Å². The average Bonchev–Trinajstić information content (AvgIpc) is 2.17. The molecule has 3 heteroatoms. The highest BCUT2D eigenvalue weighted by molar-refractivity contribution is 5.66. The molecule has 0 aliphatic heterocycles. The molecule has 0 radical (unpaired) electrons. The highest BCUT2D eigenvalue weighted by Crippen LogP contribution is 2.07. The molecule has 0 aromatic heterocycles. The molecule has 3 N–H and O–H groups in total. The smallest absolute Gasteiger partial charge is 0.303 e. The lowest BCUT2D eigenvalue weighted by Crippen LogP contribution is -2.65. The fourth-order valence-electron chi connectivity index (χ4n) is 1.42. The predicted molar refractivity (Wildman–Crippen MR) is 58.1 cm³/mol. The Balaban J connectivity index is 2.63. The van der Waals surface area contributed by atoms with E-state index in [2.05, 4.69) is 5.73 Å². The summed E-state index contributed by atoms with van der Waals surface area (Å²) in [6, 6.07) is 10.1. The van der Waals surface area contributed by atoms with Gasteiger partial charge in [-0.15, -0.1) is 0 Å². The zero-order valence-corrected chi connectivity index (χ0v) is 9.27. The van der Waals surface area contributed by atoms with E-state index in [0.717, 1.165) is 6.42 Å². The van der Waals surface area contributed by atoms with Gasteiger partial charge in [-0.3, -0.25) is 4.79 Å². The van der Waals surface area contributed by atoms with Crippen LogP contribution in [0.15, 0.2) is 30.3 Å². The van der Waals surface area contributed by atoms with Crippen molar-refractivity contribution in [3.05, 3.63) is 35.9 Å². The molecule has 1 aromatic rings. The zero-order valence-electron chi connectivity index (χ0n) is 9.27. The summed E-state index contributed by atoms with van der Waals surface area (Å²) >= 11 is 0. The van der Waals surface area contributed by atoms with E-state index in [0.29, 0.717) is 0 Å². The summed E-state index contributed by atoms with van der Waals surface area (Å²) < 4.78 is 5.21. The van der Waals surface area contributed by atoms with E-state index in [4.69, 9.17) is 4.74 Å². The first-order chi connectivity index (χ1) is 7.09. The number of benzene rings is 1. The molecule has 15 heavy (non-hydrogen) atoms. The molecule has 0 aliphatic carbocycles. The number of hydrogen-bond donors (Lipinski definition) is 1. The molecule has 0 amide bonds. The molecule has 0 bridgehead atoms. The molecule has 82 valence electrons. The molecule has 0 saturated heterocycles. The monoisotopic (exact) mass is 208 g/mol. The minimum Gasteiger partial charge on any atom is -0.456 e. The van der Waals surface area contributed by atoms with E-state index in [1.54, 1.807) is 0 Å². The van der Waals surface area contributed by atoms with E-state index < -0.39 is 0 Å². The maximum Gasteiger partial charge on any atom is 0.303 e. The van der Waals surface area contributed by atoms with Crippen molar-refractivity contribution in [3.63, 3.8) is 0 Å². The Morgan fingerprint density at radius 2 is 2.00 bits per heavy atom. The lowest BCUT2D eigenvalue weighted by atomic mass is 10.0. The number of ether oxygens (including phenoxy) is 1. The predicted octanol–water partition coefficient (Wildman–Crippen LogP) is 0.791. The Morgan fingerprint density at radius 3 is 2.47 bits per heavy atom. The van der Waals surface area contributed by atoms with Crippen LogP contribution in [-0.2, 0) is 16.0 Å². The number of carbonyl (C=O) groups is 1. The molecule has 0 aliphatic rings. The summed E-state index contributed by atoms with van der Waals surface area (Å²) in [4.78, 5) is 10.9. The second-order valence-corrected chi connectivity index (χ2v) is 3.81. The second-order valence-electron chi connectivity index (χ2n) is 3.81. The van der Waals surface area contributed by atoms with Crippen molar-refractivity contribution in [1.29, 1.82) is 0 Å². The van der Waals surface area contributed by atoms with Crippen LogP contribution in [0.2, 0.25) is 0 Å². The van der Waals surface area contributed by atoms with Crippen LogP contribution in [0.1, 0.15) is 19.4 Å². The fourth-order valence-corrected chi connectivity index (χ4v) is 1.42. The molecule has 0 heterocycles. The van der Waals surface area contributed by atoms with Gasteiger partial charge >= 0.3 is 5.97 Å². The van der Waals surface area contributed by atoms with Crippen molar-refractivity contribution >= 4 is 5.97 Å². The van der Waals surface area contributed by atoms with Crippen LogP contribution in [0.25, 0.3) is 0 Å². The van der Waals surface area contributed by atoms with Crippen LogP contribution in [0.3, 0.4) is 0 Å². The van der Waals surface area contributed by atoms with Gasteiger partial charge in [0.05, 0.1) is 0 Å². The number of esters is 1.